The molecular weight excluding hydrogens is 147 g/mol. The van der Waals surface area contributed by atoms with Crippen molar-refractivity contribution in [2.75, 3.05) is 13.9 Å². The molecule has 0 aliphatic heterocycles. The fraction of sp³-hybridized carbons (Fsp3) is 0.250. The molecular formula is C8H8FO2. The van der Waals surface area contributed by atoms with Gasteiger partial charge in [0.1, 0.15) is 11.6 Å². The largest absolute Gasteiger partial charge is 0.467 e. The van der Waals surface area contributed by atoms with E-state index in [4.69, 9.17) is 4.74 Å². The van der Waals surface area contributed by atoms with Gasteiger partial charge < -0.3 is 9.47 Å². The molecule has 0 amide bonds. The maximum atomic E-state index is 12.3. The summed E-state index contributed by atoms with van der Waals surface area (Å²) in [4.78, 5) is 0. The van der Waals surface area contributed by atoms with E-state index in [-0.39, 0.29) is 12.6 Å². The summed E-state index contributed by atoms with van der Waals surface area (Å²) in [6, 6.07) is 6.61. The molecule has 0 unspecified atom stereocenters. The van der Waals surface area contributed by atoms with Gasteiger partial charge in [0, 0.05) is 13.2 Å². The van der Waals surface area contributed by atoms with Crippen LogP contribution in [0.4, 0.5) is 4.39 Å². The summed E-state index contributed by atoms with van der Waals surface area (Å²) in [5.74, 6) is 0.156. The van der Waals surface area contributed by atoms with Crippen LogP contribution in [0.15, 0.2) is 18.2 Å². The van der Waals surface area contributed by atoms with Crippen molar-refractivity contribution in [3.63, 3.8) is 0 Å². The Morgan fingerprint density at radius 3 is 2.91 bits per heavy atom. The van der Waals surface area contributed by atoms with Gasteiger partial charge in [0.15, 0.2) is 6.79 Å². The van der Waals surface area contributed by atoms with Crippen molar-refractivity contribution in [2.45, 2.75) is 0 Å². The van der Waals surface area contributed by atoms with Crippen molar-refractivity contribution in [1.29, 1.82) is 0 Å². The maximum Gasteiger partial charge on any atom is 0.188 e. The zero-order chi connectivity index (χ0) is 8.10. The number of benzene rings is 1. The zero-order valence-electron chi connectivity index (χ0n) is 6.13. The quantitative estimate of drug-likeness (QED) is 0.617. The minimum atomic E-state index is -0.324. The molecule has 0 atom stereocenters. The van der Waals surface area contributed by atoms with Gasteiger partial charge in [0.25, 0.3) is 0 Å². The van der Waals surface area contributed by atoms with Crippen molar-refractivity contribution in [2.24, 2.45) is 0 Å². The normalized spacial score (nSPS) is 9.64. The van der Waals surface area contributed by atoms with Crippen molar-refractivity contribution in [3.05, 3.63) is 30.1 Å². The van der Waals surface area contributed by atoms with Gasteiger partial charge in [0.05, 0.1) is 0 Å². The molecule has 0 heterocycles. The fourth-order valence-corrected chi connectivity index (χ4v) is 0.604. The minimum absolute atomic E-state index is 0.155. The van der Waals surface area contributed by atoms with Crippen LogP contribution >= 0.6 is 0 Å². The summed E-state index contributed by atoms with van der Waals surface area (Å²) < 4.78 is 21.9. The second kappa shape index (κ2) is 3.93. The Balaban J connectivity index is 2.52. The van der Waals surface area contributed by atoms with E-state index in [1.807, 2.05) is 0 Å². The topological polar surface area (TPSA) is 18.5 Å². The van der Waals surface area contributed by atoms with E-state index in [2.05, 4.69) is 10.8 Å². The molecule has 0 bridgehead atoms. The lowest BCUT2D eigenvalue weighted by molar-refractivity contribution is 0.0509. The van der Waals surface area contributed by atoms with E-state index in [1.165, 1.54) is 25.3 Å². The first-order valence-corrected chi connectivity index (χ1v) is 3.12. The van der Waals surface area contributed by atoms with Crippen LogP contribution in [0.25, 0.3) is 0 Å². The summed E-state index contributed by atoms with van der Waals surface area (Å²) in [5.41, 5.74) is 0. The van der Waals surface area contributed by atoms with E-state index in [0.29, 0.717) is 5.75 Å². The van der Waals surface area contributed by atoms with Gasteiger partial charge in [-0.25, -0.2) is 4.39 Å². The van der Waals surface area contributed by atoms with Crippen LogP contribution in [0.5, 0.6) is 5.75 Å². The molecule has 1 aromatic rings. The smallest absolute Gasteiger partial charge is 0.188 e. The molecule has 11 heavy (non-hydrogen) atoms. The summed E-state index contributed by atoms with van der Waals surface area (Å²) in [6.45, 7) is 0.155. The molecule has 0 aliphatic carbocycles. The lowest BCUT2D eigenvalue weighted by Gasteiger charge is -2.02. The van der Waals surface area contributed by atoms with Gasteiger partial charge >= 0.3 is 0 Å². The Bertz CT molecular complexity index is 208. The molecule has 0 aliphatic rings. The van der Waals surface area contributed by atoms with Crippen molar-refractivity contribution in [1.82, 2.24) is 0 Å². The van der Waals surface area contributed by atoms with Crippen LogP contribution < -0.4 is 4.74 Å². The second-order valence-corrected chi connectivity index (χ2v) is 1.92. The Morgan fingerprint density at radius 1 is 1.55 bits per heavy atom. The molecule has 0 saturated carbocycles. The minimum Gasteiger partial charge on any atom is -0.467 e. The Morgan fingerprint density at radius 2 is 2.36 bits per heavy atom. The summed E-state index contributed by atoms with van der Waals surface area (Å²) in [7, 11) is 1.52. The van der Waals surface area contributed by atoms with E-state index in [1.54, 1.807) is 0 Å². The Labute approximate surface area is 64.6 Å². The first kappa shape index (κ1) is 8.01. The van der Waals surface area contributed by atoms with Gasteiger partial charge in [-0.3, -0.25) is 0 Å². The molecule has 0 spiro atoms. The summed E-state index contributed by atoms with van der Waals surface area (Å²) >= 11 is 0. The zero-order valence-corrected chi connectivity index (χ0v) is 6.13. The van der Waals surface area contributed by atoms with Crippen molar-refractivity contribution >= 4 is 0 Å². The fourth-order valence-electron chi connectivity index (χ4n) is 0.604. The molecule has 3 heteroatoms. The van der Waals surface area contributed by atoms with E-state index in [0.717, 1.165) is 0 Å². The third-order valence-electron chi connectivity index (χ3n) is 1.08. The first-order valence-electron chi connectivity index (χ1n) is 3.12. The monoisotopic (exact) mass is 155 g/mol. The van der Waals surface area contributed by atoms with Crippen molar-refractivity contribution < 1.29 is 13.9 Å². The molecule has 0 saturated heterocycles. The Kier molecular flexibility index (Phi) is 2.86. The third kappa shape index (κ3) is 2.55. The van der Waals surface area contributed by atoms with Crippen LogP contribution in [-0.4, -0.2) is 13.9 Å². The van der Waals surface area contributed by atoms with Gasteiger partial charge in [-0.2, -0.15) is 0 Å². The SMILES string of the molecule is COCOc1[c]cc(F)cc1. The van der Waals surface area contributed by atoms with Crippen molar-refractivity contribution in [3.8, 4) is 5.75 Å². The third-order valence-corrected chi connectivity index (χ3v) is 1.08. The van der Waals surface area contributed by atoms with Gasteiger partial charge in [-0.05, 0) is 18.2 Å². The number of ether oxygens (including phenoxy) is 2. The standard InChI is InChI=1S/C8H8FO2/c1-10-6-11-8-4-2-7(9)3-5-8/h2-4H,6H2,1H3. The molecule has 59 valence electrons. The highest BCUT2D eigenvalue weighted by atomic mass is 19.1. The number of hydrogen-bond acceptors (Lipinski definition) is 2. The Hall–Kier alpha value is -1.09. The molecule has 1 aromatic carbocycles. The number of rotatable bonds is 3. The van der Waals surface area contributed by atoms with E-state index in [9.17, 15) is 4.39 Å². The summed E-state index contributed by atoms with van der Waals surface area (Å²) in [6.07, 6.45) is 0. The highest BCUT2D eigenvalue weighted by Crippen LogP contribution is 2.09. The number of halogens is 1. The van der Waals surface area contributed by atoms with Crippen LogP contribution in [-0.2, 0) is 4.74 Å². The second-order valence-electron chi connectivity index (χ2n) is 1.92. The molecule has 0 aromatic heterocycles. The lowest BCUT2D eigenvalue weighted by Crippen LogP contribution is -1.98. The molecule has 0 N–H and O–H groups in total. The molecule has 0 fully saturated rings. The van der Waals surface area contributed by atoms with Crippen LogP contribution in [0.2, 0.25) is 0 Å². The highest BCUT2D eigenvalue weighted by Gasteiger charge is 1.92. The average Bonchev–Trinajstić information content (AvgIpc) is 2.04. The van der Waals surface area contributed by atoms with E-state index >= 15 is 0 Å². The van der Waals surface area contributed by atoms with Crippen LogP contribution in [0.1, 0.15) is 0 Å². The molecule has 1 radical (unpaired) electrons. The van der Waals surface area contributed by atoms with Crippen LogP contribution in [0.3, 0.4) is 0 Å². The predicted octanol–water partition coefficient (Wildman–Crippen LogP) is 1.61. The van der Waals surface area contributed by atoms with Gasteiger partial charge in [0.2, 0.25) is 0 Å². The lowest BCUT2D eigenvalue weighted by atomic mass is 10.3. The average molecular weight is 155 g/mol. The first-order chi connectivity index (χ1) is 5.33. The molecule has 1 rings (SSSR count). The maximum absolute atomic E-state index is 12.3. The van der Waals surface area contributed by atoms with E-state index < -0.39 is 0 Å². The summed E-state index contributed by atoms with van der Waals surface area (Å²) in [5, 5.41) is 0. The molecule has 2 nitrogen and oxygen atoms in total. The van der Waals surface area contributed by atoms with Gasteiger partial charge in [-0.15, -0.1) is 0 Å². The van der Waals surface area contributed by atoms with Crippen LogP contribution in [0, 0.1) is 11.9 Å². The number of hydrogen-bond donors (Lipinski definition) is 0. The van der Waals surface area contributed by atoms with Gasteiger partial charge in [-0.1, -0.05) is 0 Å². The number of methoxy groups -OCH3 is 1. The highest BCUT2D eigenvalue weighted by molar-refractivity contribution is 5.20. The predicted molar refractivity (Wildman–Crippen MR) is 37.7 cm³/mol.